The van der Waals surface area contributed by atoms with E-state index in [4.69, 9.17) is 0 Å². The standard InChI is InChI=1S/C12H16FN3/c1-8-4-11(6-15-12(8)13)16-7-9-5-10(16)2-3-14-9/h4,6,9-10,14H,2-3,5,7H2,1H3/t9-,10+/m0/s1. The van der Waals surface area contributed by atoms with Crippen LogP contribution in [0.5, 0.6) is 0 Å². The van der Waals surface area contributed by atoms with Gasteiger partial charge in [0, 0.05) is 24.2 Å². The Morgan fingerprint density at radius 1 is 1.56 bits per heavy atom. The van der Waals surface area contributed by atoms with E-state index in [0.717, 1.165) is 18.8 Å². The van der Waals surface area contributed by atoms with Crippen molar-refractivity contribution in [1.29, 1.82) is 0 Å². The Kier molecular flexibility index (Phi) is 2.32. The van der Waals surface area contributed by atoms with E-state index in [9.17, 15) is 4.39 Å². The molecule has 3 heterocycles. The number of fused-ring (bicyclic) bond motifs is 2. The summed E-state index contributed by atoms with van der Waals surface area (Å²) in [6.45, 7) is 3.89. The fourth-order valence-corrected chi connectivity index (χ4v) is 2.81. The first kappa shape index (κ1) is 10.0. The van der Waals surface area contributed by atoms with Gasteiger partial charge in [0.05, 0.1) is 11.9 Å². The summed E-state index contributed by atoms with van der Waals surface area (Å²) in [5.41, 5.74) is 1.70. The minimum absolute atomic E-state index is 0.357. The Balaban J connectivity index is 1.89. The molecule has 2 fully saturated rings. The Hall–Kier alpha value is -1.16. The fourth-order valence-electron chi connectivity index (χ4n) is 2.81. The number of nitrogens with zero attached hydrogens (tertiary/aromatic N) is 2. The second-order valence-electron chi connectivity index (χ2n) is 4.78. The van der Waals surface area contributed by atoms with Gasteiger partial charge in [0.1, 0.15) is 0 Å². The topological polar surface area (TPSA) is 28.2 Å². The third kappa shape index (κ3) is 1.57. The van der Waals surface area contributed by atoms with Crippen LogP contribution < -0.4 is 10.2 Å². The maximum Gasteiger partial charge on any atom is 0.215 e. The predicted molar refractivity (Wildman–Crippen MR) is 61.1 cm³/mol. The molecule has 0 spiro atoms. The zero-order valence-electron chi connectivity index (χ0n) is 9.41. The molecule has 16 heavy (non-hydrogen) atoms. The molecule has 1 N–H and O–H groups in total. The van der Waals surface area contributed by atoms with E-state index in [-0.39, 0.29) is 5.95 Å². The predicted octanol–water partition coefficient (Wildman–Crippen LogP) is 1.47. The lowest BCUT2D eigenvalue weighted by Crippen LogP contribution is -2.35. The number of pyridine rings is 1. The number of aromatic nitrogens is 1. The zero-order valence-corrected chi connectivity index (χ0v) is 9.41. The van der Waals surface area contributed by atoms with Crippen LogP contribution >= 0.6 is 0 Å². The summed E-state index contributed by atoms with van der Waals surface area (Å²) < 4.78 is 13.1. The van der Waals surface area contributed by atoms with E-state index in [1.165, 1.54) is 12.8 Å². The SMILES string of the molecule is Cc1cc(N2C[C@@H]3C[C@H]2CCN3)cnc1F. The second kappa shape index (κ2) is 3.70. The summed E-state index contributed by atoms with van der Waals surface area (Å²) >= 11 is 0. The largest absolute Gasteiger partial charge is 0.366 e. The van der Waals surface area contributed by atoms with Crippen molar-refractivity contribution in [3.63, 3.8) is 0 Å². The van der Waals surface area contributed by atoms with E-state index in [1.54, 1.807) is 13.1 Å². The van der Waals surface area contributed by atoms with Gasteiger partial charge < -0.3 is 10.2 Å². The highest BCUT2D eigenvalue weighted by Gasteiger charge is 2.35. The van der Waals surface area contributed by atoms with Crippen LogP contribution in [0.25, 0.3) is 0 Å². The molecule has 3 rings (SSSR count). The van der Waals surface area contributed by atoms with Crippen molar-refractivity contribution >= 4 is 5.69 Å². The molecule has 0 saturated carbocycles. The summed E-state index contributed by atoms with van der Waals surface area (Å²) in [5.74, 6) is -0.357. The molecule has 0 amide bonds. The Morgan fingerprint density at radius 3 is 3.19 bits per heavy atom. The zero-order chi connectivity index (χ0) is 11.1. The minimum Gasteiger partial charge on any atom is -0.366 e. The molecule has 4 heteroatoms. The Labute approximate surface area is 94.7 Å². The van der Waals surface area contributed by atoms with Crippen molar-refractivity contribution in [3.8, 4) is 0 Å². The summed E-state index contributed by atoms with van der Waals surface area (Å²) in [6.07, 6.45) is 4.03. The van der Waals surface area contributed by atoms with Crippen molar-refractivity contribution in [3.05, 3.63) is 23.8 Å². The summed E-state index contributed by atoms with van der Waals surface area (Å²) in [6, 6.07) is 3.12. The number of piperidine rings is 1. The highest BCUT2D eigenvalue weighted by atomic mass is 19.1. The number of hydrogen-bond acceptors (Lipinski definition) is 3. The van der Waals surface area contributed by atoms with Gasteiger partial charge >= 0.3 is 0 Å². The van der Waals surface area contributed by atoms with Crippen molar-refractivity contribution in [2.24, 2.45) is 0 Å². The average Bonchev–Trinajstić information content (AvgIpc) is 2.58. The molecule has 0 aromatic carbocycles. The van der Waals surface area contributed by atoms with Crippen LogP contribution in [0.1, 0.15) is 18.4 Å². The van der Waals surface area contributed by atoms with Gasteiger partial charge in [-0.3, -0.25) is 0 Å². The van der Waals surface area contributed by atoms with Crippen LogP contribution in [0.4, 0.5) is 10.1 Å². The molecule has 2 aliphatic rings. The smallest absolute Gasteiger partial charge is 0.215 e. The van der Waals surface area contributed by atoms with Gasteiger partial charge in [0.25, 0.3) is 0 Å². The van der Waals surface area contributed by atoms with E-state index in [1.807, 2.05) is 6.07 Å². The molecule has 0 unspecified atom stereocenters. The van der Waals surface area contributed by atoms with Gasteiger partial charge in [-0.25, -0.2) is 4.98 Å². The van der Waals surface area contributed by atoms with Crippen LogP contribution in [0.15, 0.2) is 12.3 Å². The first-order chi connectivity index (χ1) is 7.74. The van der Waals surface area contributed by atoms with E-state index >= 15 is 0 Å². The monoisotopic (exact) mass is 221 g/mol. The third-order valence-electron chi connectivity index (χ3n) is 3.66. The quantitative estimate of drug-likeness (QED) is 0.728. The molecule has 1 aromatic heterocycles. The van der Waals surface area contributed by atoms with Gasteiger partial charge in [0.15, 0.2) is 0 Å². The van der Waals surface area contributed by atoms with Crippen LogP contribution in [0.3, 0.4) is 0 Å². The number of halogens is 1. The number of nitrogens with one attached hydrogen (secondary N) is 1. The lowest BCUT2D eigenvalue weighted by atomic mass is 10.1. The molecule has 3 nitrogen and oxygen atoms in total. The summed E-state index contributed by atoms with van der Waals surface area (Å²) in [5, 5.41) is 3.50. The Bertz CT molecular complexity index is 407. The molecular formula is C12H16FN3. The lowest BCUT2D eigenvalue weighted by Gasteiger charge is -2.26. The summed E-state index contributed by atoms with van der Waals surface area (Å²) in [4.78, 5) is 6.17. The first-order valence-electron chi connectivity index (χ1n) is 5.86. The van der Waals surface area contributed by atoms with Crippen molar-refractivity contribution < 1.29 is 4.39 Å². The minimum atomic E-state index is -0.357. The number of anilines is 1. The van der Waals surface area contributed by atoms with E-state index in [0.29, 0.717) is 17.6 Å². The summed E-state index contributed by atoms with van der Waals surface area (Å²) in [7, 11) is 0. The first-order valence-corrected chi connectivity index (χ1v) is 5.86. The van der Waals surface area contributed by atoms with Gasteiger partial charge in [-0.15, -0.1) is 0 Å². The molecule has 86 valence electrons. The third-order valence-corrected chi connectivity index (χ3v) is 3.66. The normalized spacial score (nSPS) is 28.5. The molecule has 2 bridgehead atoms. The molecule has 2 aliphatic heterocycles. The van der Waals surface area contributed by atoms with Crippen LogP contribution in [-0.4, -0.2) is 30.2 Å². The molecule has 0 aliphatic carbocycles. The Morgan fingerprint density at radius 2 is 2.44 bits per heavy atom. The van der Waals surface area contributed by atoms with Crippen molar-refractivity contribution in [2.75, 3.05) is 18.0 Å². The maximum atomic E-state index is 13.1. The molecular weight excluding hydrogens is 205 g/mol. The van der Waals surface area contributed by atoms with Gasteiger partial charge in [-0.05, 0) is 32.4 Å². The highest BCUT2D eigenvalue weighted by Crippen LogP contribution is 2.30. The number of hydrogen-bond donors (Lipinski definition) is 1. The molecule has 1 aromatic rings. The van der Waals surface area contributed by atoms with Gasteiger partial charge in [-0.1, -0.05) is 0 Å². The van der Waals surface area contributed by atoms with E-state index in [2.05, 4.69) is 15.2 Å². The number of aryl methyl sites for hydroxylation is 1. The van der Waals surface area contributed by atoms with Crippen LogP contribution in [-0.2, 0) is 0 Å². The fraction of sp³-hybridized carbons (Fsp3) is 0.583. The number of rotatable bonds is 1. The van der Waals surface area contributed by atoms with Gasteiger partial charge in [0.2, 0.25) is 5.95 Å². The average molecular weight is 221 g/mol. The van der Waals surface area contributed by atoms with Gasteiger partial charge in [-0.2, -0.15) is 4.39 Å². The maximum absolute atomic E-state index is 13.1. The molecule has 0 radical (unpaired) electrons. The second-order valence-corrected chi connectivity index (χ2v) is 4.78. The van der Waals surface area contributed by atoms with E-state index < -0.39 is 0 Å². The molecule has 2 saturated heterocycles. The molecule has 2 atom stereocenters. The lowest BCUT2D eigenvalue weighted by molar-refractivity contribution is 0.449. The van der Waals surface area contributed by atoms with Crippen LogP contribution in [0, 0.1) is 12.9 Å². The highest BCUT2D eigenvalue weighted by molar-refractivity contribution is 5.49. The van der Waals surface area contributed by atoms with Crippen molar-refractivity contribution in [1.82, 2.24) is 10.3 Å². The van der Waals surface area contributed by atoms with Crippen molar-refractivity contribution in [2.45, 2.75) is 31.8 Å². The van der Waals surface area contributed by atoms with Crippen LogP contribution in [0.2, 0.25) is 0 Å².